The third kappa shape index (κ3) is 3.54. The van der Waals surface area contributed by atoms with Crippen LogP contribution in [0.15, 0.2) is 54.7 Å². The smallest absolute Gasteiger partial charge is 0.270 e. The summed E-state index contributed by atoms with van der Waals surface area (Å²) in [7, 11) is 1.63. The number of hydrogen-bond donors (Lipinski definition) is 1. The third-order valence-electron chi connectivity index (χ3n) is 5.50. The summed E-state index contributed by atoms with van der Waals surface area (Å²) in [6, 6.07) is 15.4. The number of hydrogen-bond acceptors (Lipinski definition) is 5. The topological polar surface area (TPSA) is 80.3 Å². The lowest BCUT2D eigenvalue weighted by Crippen LogP contribution is -2.42. The van der Waals surface area contributed by atoms with Crippen molar-refractivity contribution in [2.24, 2.45) is 0 Å². The van der Waals surface area contributed by atoms with Crippen LogP contribution in [-0.2, 0) is 0 Å². The molecule has 1 amide bonds. The Labute approximate surface area is 173 Å². The molecule has 2 aromatic carbocycles. The first-order valence-corrected chi connectivity index (χ1v) is 10.0. The van der Waals surface area contributed by atoms with E-state index in [1.54, 1.807) is 13.3 Å². The van der Waals surface area contributed by atoms with E-state index in [1.165, 1.54) is 0 Å². The molecule has 0 aliphatic carbocycles. The molecule has 2 aromatic heterocycles. The molecule has 3 heterocycles. The number of likely N-dealkylation sites (tertiary alicyclic amines) is 1. The molecule has 1 fully saturated rings. The first-order valence-electron chi connectivity index (χ1n) is 10.0. The molecule has 0 unspecified atom stereocenters. The number of nitrogens with zero attached hydrogens (tertiary/aromatic N) is 3. The van der Waals surface area contributed by atoms with E-state index in [9.17, 15) is 4.79 Å². The van der Waals surface area contributed by atoms with Gasteiger partial charge in [0, 0.05) is 42.9 Å². The van der Waals surface area contributed by atoms with E-state index in [-0.39, 0.29) is 12.0 Å². The monoisotopic (exact) mass is 402 g/mol. The molecule has 1 N–H and O–H groups in total. The first-order chi connectivity index (χ1) is 14.7. The van der Waals surface area contributed by atoms with Crippen LogP contribution in [0.25, 0.3) is 21.9 Å². The van der Waals surface area contributed by atoms with E-state index in [0.29, 0.717) is 24.7 Å². The summed E-state index contributed by atoms with van der Waals surface area (Å²) in [5.74, 6) is 1.30. The van der Waals surface area contributed by atoms with Crippen molar-refractivity contribution in [3.05, 3.63) is 60.4 Å². The average Bonchev–Trinajstić information content (AvgIpc) is 3.22. The summed E-state index contributed by atoms with van der Waals surface area (Å²) >= 11 is 0. The molecule has 4 aromatic rings. The van der Waals surface area contributed by atoms with E-state index < -0.39 is 0 Å². The van der Waals surface area contributed by atoms with E-state index in [2.05, 4.69) is 15.0 Å². The van der Waals surface area contributed by atoms with E-state index in [0.717, 1.165) is 40.5 Å². The van der Waals surface area contributed by atoms with Crippen molar-refractivity contribution in [3.63, 3.8) is 0 Å². The van der Waals surface area contributed by atoms with Crippen LogP contribution in [0.1, 0.15) is 23.3 Å². The van der Waals surface area contributed by atoms with Crippen LogP contribution in [0.4, 0.5) is 0 Å². The van der Waals surface area contributed by atoms with Gasteiger partial charge in [-0.3, -0.25) is 4.79 Å². The number of amides is 1. The Bertz CT molecular complexity index is 1210. The second kappa shape index (κ2) is 7.67. The fourth-order valence-corrected chi connectivity index (χ4v) is 3.86. The van der Waals surface area contributed by atoms with Gasteiger partial charge in [0.25, 0.3) is 5.91 Å². The predicted molar refractivity (Wildman–Crippen MR) is 114 cm³/mol. The van der Waals surface area contributed by atoms with Gasteiger partial charge in [-0.2, -0.15) is 0 Å². The van der Waals surface area contributed by atoms with Gasteiger partial charge in [0.15, 0.2) is 0 Å². The van der Waals surface area contributed by atoms with Gasteiger partial charge in [-0.1, -0.05) is 12.1 Å². The number of aromatic nitrogens is 3. The predicted octanol–water partition coefficient (Wildman–Crippen LogP) is 3.80. The molecule has 0 saturated carbocycles. The molecule has 0 atom stereocenters. The van der Waals surface area contributed by atoms with Gasteiger partial charge in [-0.15, -0.1) is 0 Å². The van der Waals surface area contributed by atoms with Gasteiger partial charge in [0.2, 0.25) is 5.88 Å². The quantitative estimate of drug-likeness (QED) is 0.562. The lowest BCUT2D eigenvalue weighted by atomic mass is 10.1. The van der Waals surface area contributed by atoms with Crippen LogP contribution in [0.2, 0.25) is 0 Å². The minimum Gasteiger partial charge on any atom is -0.497 e. The second-order valence-corrected chi connectivity index (χ2v) is 7.44. The van der Waals surface area contributed by atoms with E-state index >= 15 is 0 Å². The molecular weight excluding hydrogens is 380 g/mol. The summed E-state index contributed by atoms with van der Waals surface area (Å²) in [4.78, 5) is 26.9. The fourth-order valence-electron chi connectivity index (χ4n) is 3.86. The van der Waals surface area contributed by atoms with Crippen LogP contribution in [0.5, 0.6) is 11.6 Å². The number of H-pyrrole nitrogens is 1. The molecule has 1 aliphatic heterocycles. The second-order valence-electron chi connectivity index (χ2n) is 7.44. The van der Waals surface area contributed by atoms with Crippen LogP contribution < -0.4 is 9.47 Å². The Balaban J connectivity index is 1.23. The number of nitrogens with one attached hydrogen (secondary N) is 1. The van der Waals surface area contributed by atoms with E-state index in [4.69, 9.17) is 9.47 Å². The zero-order valence-corrected chi connectivity index (χ0v) is 16.7. The maximum atomic E-state index is 12.9. The van der Waals surface area contributed by atoms with Crippen LogP contribution in [0, 0.1) is 0 Å². The summed E-state index contributed by atoms with van der Waals surface area (Å²) in [6.07, 6.45) is 3.21. The van der Waals surface area contributed by atoms with Crippen molar-refractivity contribution in [1.82, 2.24) is 19.9 Å². The Hall–Kier alpha value is -3.61. The van der Waals surface area contributed by atoms with Crippen molar-refractivity contribution in [3.8, 4) is 11.6 Å². The van der Waals surface area contributed by atoms with Crippen molar-refractivity contribution < 1.29 is 14.3 Å². The van der Waals surface area contributed by atoms with Gasteiger partial charge in [0.05, 0.1) is 24.3 Å². The van der Waals surface area contributed by atoms with Crippen molar-refractivity contribution in [2.45, 2.75) is 18.9 Å². The zero-order valence-electron chi connectivity index (χ0n) is 16.7. The maximum Gasteiger partial charge on any atom is 0.270 e. The minimum atomic E-state index is 0.00844. The molecule has 30 heavy (non-hydrogen) atoms. The number of carbonyl (C=O) groups excluding carboxylic acids is 1. The molecule has 7 heteroatoms. The van der Waals surface area contributed by atoms with Crippen molar-refractivity contribution in [1.29, 1.82) is 0 Å². The van der Waals surface area contributed by atoms with Gasteiger partial charge < -0.3 is 19.4 Å². The number of piperidine rings is 1. The summed E-state index contributed by atoms with van der Waals surface area (Å²) in [6.45, 7) is 1.28. The molecule has 0 spiro atoms. The highest BCUT2D eigenvalue weighted by Crippen LogP contribution is 2.24. The molecule has 7 nitrogen and oxygen atoms in total. The summed E-state index contributed by atoms with van der Waals surface area (Å²) in [5, 5.41) is 0.993. The minimum absolute atomic E-state index is 0.00844. The van der Waals surface area contributed by atoms with E-state index in [1.807, 2.05) is 53.4 Å². The Kier molecular flexibility index (Phi) is 4.71. The number of aromatic amines is 1. The van der Waals surface area contributed by atoms with Crippen LogP contribution in [-0.4, -0.2) is 52.1 Å². The van der Waals surface area contributed by atoms with Gasteiger partial charge >= 0.3 is 0 Å². The molecule has 152 valence electrons. The van der Waals surface area contributed by atoms with Crippen molar-refractivity contribution >= 4 is 27.8 Å². The fraction of sp³-hybridized carbons (Fsp3) is 0.261. The maximum absolute atomic E-state index is 12.9. The Morgan fingerprint density at radius 2 is 1.90 bits per heavy atom. The largest absolute Gasteiger partial charge is 0.497 e. The standard InChI is InChI=1S/C23H22N4O3/c1-29-17-7-6-15-12-21(25-20(15)13-17)23(28)27-10-8-16(9-11-27)30-22-14-24-18-4-2-3-5-19(18)26-22/h2-7,12-14,16,25H,8-11H2,1H3. The molecule has 0 radical (unpaired) electrons. The molecule has 1 aliphatic rings. The number of rotatable bonds is 4. The average molecular weight is 402 g/mol. The zero-order chi connectivity index (χ0) is 20.5. The summed E-state index contributed by atoms with van der Waals surface area (Å²) in [5.41, 5.74) is 3.16. The number of para-hydroxylation sites is 2. The lowest BCUT2D eigenvalue weighted by Gasteiger charge is -2.31. The molecule has 1 saturated heterocycles. The normalized spacial score (nSPS) is 14.9. The number of benzene rings is 2. The number of fused-ring (bicyclic) bond motifs is 2. The number of methoxy groups -OCH3 is 1. The third-order valence-corrected chi connectivity index (χ3v) is 5.50. The molecular formula is C23H22N4O3. The molecule has 5 rings (SSSR count). The lowest BCUT2D eigenvalue weighted by molar-refractivity contribution is 0.0583. The van der Waals surface area contributed by atoms with Crippen LogP contribution in [0.3, 0.4) is 0 Å². The number of ether oxygens (including phenoxy) is 2. The SMILES string of the molecule is COc1ccc2cc(C(=O)N3CCC(Oc4cnc5ccccc5n4)CC3)[nH]c2c1. The van der Waals surface area contributed by atoms with Gasteiger partial charge in [0.1, 0.15) is 17.5 Å². The molecule has 0 bridgehead atoms. The van der Waals surface area contributed by atoms with Gasteiger partial charge in [-0.25, -0.2) is 9.97 Å². The highest BCUT2D eigenvalue weighted by Gasteiger charge is 2.26. The first kappa shape index (κ1) is 18.4. The van der Waals surface area contributed by atoms with Crippen LogP contribution >= 0.6 is 0 Å². The highest BCUT2D eigenvalue weighted by atomic mass is 16.5. The Morgan fingerprint density at radius 1 is 1.10 bits per heavy atom. The van der Waals surface area contributed by atoms with Crippen molar-refractivity contribution in [2.75, 3.05) is 20.2 Å². The van der Waals surface area contributed by atoms with Gasteiger partial charge in [-0.05, 0) is 30.3 Å². The summed E-state index contributed by atoms with van der Waals surface area (Å²) < 4.78 is 11.3. The number of carbonyl (C=O) groups is 1. The highest BCUT2D eigenvalue weighted by molar-refractivity contribution is 5.98. The Morgan fingerprint density at radius 3 is 2.70 bits per heavy atom.